The van der Waals surface area contributed by atoms with E-state index in [-0.39, 0.29) is 5.78 Å². The molecule has 0 aliphatic carbocycles. The predicted octanol–water partition coefficient (Wildman–Crippen LogP) is 4.25. The van der Waals surface area contributed by atoms with Gasteiger partial charge < -0.3 is 11.5 Å². The molecule has 0 amide bonds. The minimum atomic E-state index is -0.584. The number of rotatable bonds is 5. The van der Waals surface area contributed by atoms with E-state index in [1.807, 2.05) is 60.7 Å². The molecule has 1 heterocycles. The van der Waals surface area contributed by atoms with E-state index in [1.165, 1.54) is 0 Å². The summed E-state index contributed by atoms with van der Waals surface area (Å²) in [7, 11) is 0. The van der Waals surface area contributed by atoms with E-state index in [0.717, 1.165) is 32.9 Å². The fourth-order valence-electron chi connectivity index (χ4n) is 3.94. The van der Waals surface area contributed by atoms with Gasteiger partial charge in [-0.05, 0) is 36.8 Å². The minimum absolute atomic E-state index is 0.0762. The van der Waals surface area contributed by atoms with Crippen LogP contribution in [-0.2, 0) is 6.54 Å². The summed E-state index contributed by atoms with van der Waals surface area (Å²) in [5.74, 6) is -0.0762. The molecule has 3 aromatic carbocycles. The van der Waals surface area contributed by atoms with Gasteiger partial charge in [0.05, 0.1) is 16.8 Å². The Morgan fingerprint density at radius 1 is 1.03 bits per heavy atom. The molecule has 1 atom stereocenters. The molecule has 4 N–H and O–H groups in total. The molecule has 0 aliphatic heterocycles. The third-order valence-electron chi connectivity index (χ3n) is 5.24. The van der Waals surface area contributed by atoms with Gasteiger partial charge in [-0.25, -0.2) is 0 Å². The van der Waals surface area contributed by atoms with Crippen LogP contribution in [0.15, 0.2) is 79.4 Å². The molecule has 4 nitrogen and oxygen atoms in total. The zero-order valence-electron chi connectivity index (χ0n) is 16.4. The Balaban J connectivity index is 2.26. The first-order valence-electron chi connectivity index (χ1n) is 9.66. The number of nitrogens with zero attached hydrogens (tertiary/aromatic N) is 1. The summed E-state index contributed by atoms with van der Waals surface area (Å²) in [5, 5.41) is 1.97. The Bertz CT molecular complexity index is 1240. The van der Waals surface area contributed by atoms with E-state index in [9.17, 15) is 4.79 Å². The molecule has 144 valence electrons. The van der Waals surface area contributed by atoms with Crippen molar-refractivity contribution in [2.45, 2.75) is 19.5 Å². The van der Waals surface area contributed by atoms with Crippen molar-refractivity contribution in [1.29, 1.82) is 0 Å². The first kappa shape index (κ1) is 18.8. The van der Waals surface area contributed by atoms with Gasteiger partial charge in [-0.1, -0.05) is 43.0 Å². The van der Waals surface area contributed by atoms with E-state index in [1.54, 1.807) is 6.92 Å². The van der Waals surface area contributed by atoms with Crippen molar-refractivity contribution >= 4 is 33.3 Å². The van der Waals surface area contributed by atoms with Crippen LogP contribution in [0.5, 0.6) is 0 Å². The minimum Gasteiger partial charge on any atom is -0.399 e. The average Bonchev–Trinajstić information content (AvgIpc) is 2.73. The molecule has 0 saturated heterocycles. The van der Waals surface area contributed by atoms with Crippen molar-refractivity contribution in [2.24, 2.45) is 5.73 Å². The van der Waals surface area contributed by atoms with Crippen LogP contribution in [0.1, 0.15) is 17.3 Å². The molecule has 0 spiro atoms. The Hall–Kier alpha value is -3.50. The van der Waals surface area contributed by atoms with Gasteiger partial charge >= 0.3 is 0 Å². The van der Waals surface area contributed by atoms with Gasteiger partial charge in [-0.15, -0.1) is 0 Å². The lowest BCUT2D eigenvalue weighted by molar-refractivity contribution is -0.634. The maximum absolute atomic E-state index is 13.0. The van der Waals surface area contributed by atoms with Crippen LogP contribution < -0.4 is 16.0 Å². The Labute approximate surface area is 170 Å². The van der Waals surface area contributed by atoms with Crippen molar-refractivity contribution in [1.82, 2.24) is 0 Å². The number of allylic oxidation sites excluding steroid dienone is 1. The van der Waals surface area contributed by atoms with E-state index in [2.05, 4.69) is 23.3 Å². The Morgan fingerprint density at radius 3 is 2.41 bits per heavy atom. The second-order valence-electron chi connectivity index (χ2n) is 7.27. The zero-order valence-corrected chi connectivity index (χ0v) is 16.4. The number of nitrogen functional groups attached to an aromatic ring is 1. The molecular formula is C25H24N3O+. The normalized spacial score (nSPS) is 12.2. The van der Waals surface area contributed by atoms with E-state index < -0.39 is 6.04 Å². The Kier molecular flexibility index (Phi) is 4.87. The molecule has 1 aromatic heterocycles. The van der Waals surface area contributed by atoms with Crippen LogP contribution >= 0.6 is 0 Å². The summed E-state index contributed by atoms with van der Waals surface area (Å²) in [4.78, 5) is 13.0. The molecule has 4 heteroatoms. The smallest absolute Gasteiger partial charge is 0.214 e. The van der Waals surface area contributed by atoms with Crippen LogP contribution in [0.25, 0.3) is 32.9 Å². The largest absolute Gasteiger partial charge is 0.399 e. The number of aromatic nitrogens is 1. The topological polar surface area (TPSA) is 73.0 Å². The molecule has 0 bridgehead atoms. The molecule has 0 radical (unpaired) electrons. The maximum Gasteiger partial charge on any atom is 0.214 e. The Morgan fingerprint density at radius 2 is 1.72 bits per heavy atom. The van der Waals surface area contributed by atoms with Gasteiger partial charge in [-0.3, -0.25) is 4.79 Å². The fraction of sp³-hybridized carbons (Fsp3) is 0.120. The second-order valence-corrected chi connectivity index (χ2v) is 7.27. The fourth-order valence-corrected chi connectivity index (χ4v) is 3.94. The van der Waals surface area contributed by atoms with Crippen molar-refractivity contribution < 1.29 is 9.36 Å². The lowest BCUT2D eigenvalue weighted by Gasteiger charge is -2.15. The highest BCUT2D eigenvalue weighted by Gasteiger charge is 2.25. The number of ketones is 1. The maximum atomic E-state index is 13.0. The molecule has 4 aromatic rings. The van der Waals surface area contributed by atoms with Gasteiger partial charge in [-0.2, -0.15) is 4.57 Å². The van der Waals surface area contributed by atoms with E-state index in [0.29, 0.717) is 17.8 Å². The van der Waals surface area contributed by atoms with Gasteiger partial charge in [0, 0.05) is 28.9 Å². The highest BCUT2D eigenvalue weighted by Crippen LogP contribution is 2.36. The first-order valence-corrected chi connectivity index (χ1v) is 9.66. The number of para-hydroxylation sites is 1. The number of carbonyl (C=O) groups excluding carboxylic acids is 1. The summed E-state index contributed by atoms with van der Waals surface area (Å²) in [6.07, 6.45) is 1.87. The number of benzene rings is 3. The van der Waals surface area contributed by atoms with Crippen LogP contribution in [-0.4, -0.2) is 11.8 Å². The number of carbonyl (C=O) groups is 1. The summed E-state index contributed by atoms with van der Waals surface area (Å²) < 4.78 is 2.19. The number of anilines is 1. The molecule has 0 fully saturated rings. The molecule has 4 rings (SSSR count). The molecule has 0 saturated carbocycles. The monoisotopic (exact) mass is 382 g/mol. The van der Waals surface area contributed by atoms with Crippen LogP contribution in [0.3, 0.4) is 0 Å². The van der Waals surface area contributed by atoms with Crippen molar-refractivity contribution in [3.63, 3.8) is 0 Å². The van der Waals surface area contributed by atoms with Crippen LogP contribution in [0.2, 0.25) is 0 Å². The molecule has 0 unspecified atom stereocenters. The van der Waals surface area contributed by atoms with Crippen LogP contribution in [0, 0.1) is 0 Å². The van der Waals surface area contributed by atoms with Gasteiger partial charge in [0.2, 0.25) is 11.0 Å². The third-order valence-corrected chi connectivity index (χ3v) is 5.24. The zero-order chi connectivity index (χ0) is 20.5. The molecule has 29 heavy (non-hydrogen) atoms. The second kappa shape index (κ2) is 7.49. The average molecular weight is 382 g/mol. The van der Waals surface area contributed by atoms with Gasteiger partial charge in [0.1, 0.15) is 0 Å². The number of fused-ring (bicyclic) bond motifs is 2. The van der Waals surface area contributed by atoms with Crippen molar-refractivity contribution in [2.75, 3.05) is 5.73 Å². The number of hydrogen-bond donors (Lipinski definition) is 2. The lowest BCUT2D eigenvalue weighted by Crippen LogP contribution is -2.36. The number of pyridine rings is 1. The summed E-state index contributed by atoms with van der Waals surface area (Å²) in [6, 6.07) is 21.2. The van der Waals surface area contributed by atoms with Crippen molar-refractivity contribution in [3.05, 3.63) is 84.9 Å². The third kappa shape index (κ3) is 3.18. The summed E-state index contributed by atoms with van der Waals surface area (Å²) in [6.45, 7) is 6.28. The van der Waals surface area contributed by atoms with Crippen LogP contribution in [0.4, 0.5) is 5.69 Å². The highest BCUT2D eigenvalue weighted by molar-refractivity contribution is 6.17. The van der Waals surface area contributed by atoms with Gasteiger partial charge in [0.15, 0.2) is 12.3 Å². The van der Waals surface area contributed by atoms with Crippen molar-refractivity contribution in [3.8, 4) is 11.1 Å². The number of Topliss-reactive ketones (excluding diaryl/α,β-unsaturated/α-hetero) is 1. The SMILES string of the molecule is C=CC[n+]1c2ccccc2c(-c2ccc(N)cc2)c2c(C(=O)[C@H](C)N)cccc21. The number of nitrogens with two attached hydrogens (primary N) is 2. The lowest BCUT2D eigenvalue weighted by atomic mass is 9.90. The standard InChI is InChI=1S/C25H23N3O/c1-3-15-28-21-9-5-4-7-19(21)23(17-11-13-18(27)14-12-17)24-20(25(29)16(2)26)8-6-10-22(24)28/h3-14,16,27H,1,15,26H2,2H3/p+1/t16-/m0/s1. The number of hydrogen-bond acceptors (Lipinski definition) is 3. The molecule has 0 aliphatic rings. The highest BCUT2D eigenvalue weighted by atomic mass is 16.1. The van der Waals surface area contributed by atoms with E-state index in [4.69, 9.17) is 11.5 Å². The van der Waals surface area contributed by atoms with E-state index >= 15 is 0 Å². The quantitative estimate of drug-likeness (QED) is 0.178. The van der Waals surface area contributed by atoms with Gasteiger partial charge in [0.25, 0.3) is 0 Å². The first-order chi connectivity index (χ1) is 14.0. The molecular weight excluding hydrogens is 358 g/mol. The summed E-state index contributed by atoms with van der Waals surface area (Å²) in [5.41, 5.74) is 17.3. The summed E-state index contributed by atoms with van der Waals surface area (Å²) >= 11 is 0. The predicted molar refractivity (Wildman–Crippen MR) is 120 cm³/mol.